The summed E-state index contributed by atoms with van der Waals surface area (Å²) in [6.45, 7) is 10.5. The standard InChI is InChI=1S/C25H40O5/c1-6-25(4,5)24(28)30-21-12-15(2)11-17-8-7-16(3)20(23(17)21)10-9-19-13-18(26)14-22(27)29-19/h8,15-16,18-21,23,26H,6-7,9-14H2,1-5H3/t15-,16?,18+,19?,20-,21-,23-/m0/s1. The summed E-state index contributed by atoms with van der Waals surface area (Å²) in [4.78, 5) is 24.6. The Labute approximate surface area is 181 Å². The van der Waals surface area contributed by atoms with Crippen molar-refractivity contribution in [1.82, 2.24) is 0 Å². The van der Waals surface area contributed by atoms with Gasteiger partial charge in [-0.2, -0.15) is 0 Å². The summed E-state index contributed by atoms with van der Waals surface area (Å²) in [5.41, 5.74) is 0.983. The molecule has 0 radical (unpaired) electrons. The Morgan fingerprint density at radius 2 is 1.97 bits per heavy atom. The van der Waals surface area contributed by atoms with Gasteiger partial charge in [0, 0.05) is 12.3 Å². The summed E-state index contributed by atoms with van der Waals surface area (Å²) in [6, 6.07) is 0. The topological polar surface area (TPSA) is 72.8 Å². The molecule has 0 aromatic heterocycles. The van der Waals surface area contributed by atoms with E-state index in [2.05, 4.69) is 19.9 Å². The number of cyclic esters (lactones) is 1. The minimum Gasteiger partial charge on any atom is -0.462 e. The summed E-state index contributed by atoms with van der Waals surface area (Å²) in [5.74, 6) is 1.28. The lowest BCUT2D eigenvalue weighted by atomic mass is 9.62. The van der Waals surface area contributed by atoms with Crippen molar-refractivity contribution in [3.63, 3.8) is 0 Å². The Balaban J connectivity index is 1.74. The van der Waals surface area contributed by atoms with Crippen LogP contribution in [0, 0.1) is 29.1 Å². The van der Waals surface area contributed by atoms with Crippen LogP contribution in [0.1, 0.15) is 86.0 Å². The van der Waals surface area contributed by atoms with Crippen molar-refractivity contribution in [3.8, 4) is 0 Å². The van der Waals surface area contributed by atoms with E-state index in [0.717, 1.165) is 38.5 Å². The lowest BCUT2D eigenvalue weighted by molar-refractivity contribution is -0.167. The quantitative estimate of drug-likeness (QED) is 0.493. The molecule has 170 valence electrons. The van der Waals surface area contributed by atoms with Crippen molar-refractivity contribution >= 4 is 11.9 Å². The van der Waals surface area contributed by atoms with Crippen LogP contribution in [0.2, 0.25) is 0 Å². The molecule has 1 saturated heterocycles. The van der Waals surface area contributed by atoms with E-state index in [1.54, 1.807) is 0 Å². The van der Waals surface area contributed by atoms with Crippen LogP contribution < -0.4 is 0 Å². The third-order valence-electron chi connectivity index (χ3n) is 7.74. The third-order valence-corrected chi connectivity index (χ3v) is 7.74. The minimum absolute atomic E-state index is 0.0782. The van der Waals surface area contributed by atoms with Gasteiger partial charge in [0.25, 0.3) is 0 Å². The summed E-state index contributed by atoms with van der Waals surface area (Å²) in [6.07, 6.45) is 7.64. The lowest BCUT2D eigenvalue weighted by Crippen LogP contribution is -2.44. The molecule has 5 nitrogen and oxygen atoms in total. The maximum absolute atomic E-state index is 12.9. The van der Waals surface area contributed by atoms with Gasteiger partial charge < -0.3 is 14.6 Å². The molecule has 2 fully saturated rings. The number of aliphatic hydroxyl groups is 1. The molecule has 0 aromatic carbocycles. The van der Waals surface area contributed by atoms with Gasteiger partial charge in [0.2, 0.25) is 0 Å². The van der Waals surface area contributed by atoms with Crippen LogP contribution in [0.5, 0.6) is 0 Å². The minimum atomic E-state index is -0.587. The van der Waals surface area contributed by atoms with Crippen LogP contribution in [0.15, 0.2) is 11.6 Å². The average molecular weight is 421 g/mol. The van der Waals surface area contributed by atoms with E-state index in [1.165, 1.54) is 5.57 Å². The van der Waals surface area contributed by atoms with E-state index >= 15 is 0 Å². The Morgan fingerprint density at radius 1 is 1.23 bits per heavy atom. The Morgan fingerprint density at radius 3 is 2.63 bits per heavy atom. The fourth-order valence-corrected chi connectivity index (χ4v) is 5.48. The lowest BCUT2D eigenvalue weighted by Gasteiger charge is -2.46. The molecule has 0 spiro atoms. The maximum Gasteiger partial charge on any atom is 0.311 e. The monoisotopic (exact) mass is 420 g/mol. The summed E-state index contributed by atoms with van der Waals surface area (Å²) >= 11 is 0. The zero-order chi connectivity index (χ0) is 22.1. The molecule has 2 aliphatic carbocycles. The van der Waals surface area contributed by atoms with Crippen molar-refractivity contribution < 1.29 is 24.2 Å². The number of hydrogen-bond acceptors (Lipinski definition) is 5. The van der Waals surface area contributed by atoms with Gasteiger partial charge in [0.1, 0.15) is 12.2 Å². The molecule has 5 heteroatoms. The van der Waals surface area contributed by atoms with Crippen LogP contribution >= 0.6 is 0 Å². The highest BCUT2D eigenvalue weighted by Gasteiger charge is 2.44. The molecule has 1 heterocycles. The number of ether oxygens (including phenoxy) is 2. The first-order valence-corrected chi connectivity index (χ1v) is 11.9. The number of allylic oxidation sites excluding steroid dienone is 1. The van der Waals surface area contributed by atoms with Crippen LogP contribution in [0.25, 0.3) is 0 Å². The highest BCUT2D eigenvalue weighted by atomic mass is 16.6. The van der Waals surface area contributed by atoms with E-state index in [9.17, 15) is 14.7 Å². The molecule has 7 atom stereocenters. The molecule has 30 heavy (non-hydrogen) atoms. The van der Waals surface area contributed by atoms with E-state index in [-0.39, 0.29) is 36.5 Å². The van der Waals surface area contributed by atoms with Crippen LogP contribution in [0.3, 0.4) is 0 Å². The Hall–Kier alpha value is -1.36. The fourth-order valence-electron chi connectivity index (χ4n) is 5.48. The third kappa shape index (κ3) is 5.27. The van der Waals surface area contributed by atoms with Gasteiger partial charge in [-0.3, -0.25) is 9.59 Å². The smallest absolute Gasteiger partial charge is 0.311 e. The molecule has 3 aliphatic rings. The number of carbonyl (C=O) groups excluding carboxylic acids is 2. The first kappa shape index (κ1) is 23.3. The highest BCUT2D eigenvalue weighted by molar-refractivity contribution is 5.76. The molecular weight excluding hydrogens is 380 g/mol. The van der Waals surface area contributed by atoms with Gasteiger partial charge >= 0.3 is 11.9 Å². The maximum atomic E-state index is 12.9. The first-order valence-electron chi connectivity index (χ1n) is 11.9. The van der Waals surface area contributed by atoms with Crippen molar-refractivity contribution in [2.75, 3.05) is 0 Å². The average Bonchev–Trinajstić information content (AvgIpc) is 2.66. The van der Waals surface area contributed by atoms with E-state index in [1.807, 2.05) is 20.8 Å². The van der Waals surface area contributed by atoms with Crippen LogP contribution in [-0.4, -0.2) is 35.4 Å². The first-order chi connectivity index (χ1) is 14.1. The van der Waals surface area contributed by atoms with Crippen molar-refractivity contribution in [1.29, 1.82) is 0 Å². The number of fused-ring (bicyclic) bond motifs is 1. The number of hydrogen-bond donors (Lipinski definition) is 1. The van der Waals surface area contributed by atoms with Gasteiger partial charge in [-0.15, -0.1) is 0 Å². The van der Waals surface area contributed by atoms with Gasteiger partial charge in [0.05, 0.1) is 17.9 Å². The Kier molecular flexibility index (Phi) is 7.32. The summed E-state index contributed by atoms with van der Waals surface area (Å²) in [5, 5.41) is 9.93. The predicted octanol–water partition coefficient (Wildman–Crippen LogP) is 4.81. The molecule has 2 unspecified atom stereocenters. The summed E-state index contributed by atoms with van der Waals surface area (Å²) < 4.78 is 11.7. The zero-order valence-electron chi connectivity index (χ0n) is 19.4. The van der Waals surface area contributed by atoms with E-state index in [4.69, 9.17) is 9.47 Å². The fraction of sp³-hybridized carbons (Fsp3) is 0.840. The predicted molar refractivity (Wildman–Crippen MR) is 116 cm³/mol. The normalized spacial score (nSPS) is 37.1. The summed E-state index contributed by atoms with van der Waals surface area (Å²) in [7, 11) is 0. The molecule has 1 saturated carbocycles. The molecule has 1 N–H and O–H groups in total. The van der Waals surface area contributed by atoms with E-state index < -0.39 is 11.5 Å². The number of carbonyl (C=O) groups is 2. The highest BCUT2D eigenvalue weighted by Crippen LogP contribution is 2.48. The number of rotatable bonds is 6. The second-order valence-electron chi connectivity index (χ2n) is 10.7. The Bertz CT molecular complexity index is 666. The van der Waals surface area contributed by atoms with E-state index in [0.29, 0.717) is 24.2 Å². The molecule has 1 aliphatic heterocycles. The molecule has 3 rings (SSSR count). The second kappa shape index (κ2) is 9.42. The zero-order valence-corrected chi connectivity index (χ0v) is 19.4. The molecule has 0 bridgehead atoms. The van der Waals surface area contributed by atoms with Gasteiger partial charge in [-0.25, -0.2) is 0 Å². The van der Waals surface area contributed by atoms with Crippen LogP contribution in [-0.2, 0) is 19.1 Å². The van der Waals surface area contributed by atoms with Gasteiger partial charge in [-0.1, -0.05) is 32.4 Å². The van der Waals surface area contributed by atoms with Crippen molar-refractivity contribution in [3.05, 3.63) is 11.6 Å². The van der Waals surface area contributed by atoms with Crippen molar-refractivity contribution in [2.45, 2.75) is 104 Å². The largest absolute Gasteiger partial charge is 0.462 e. The number of aliphatic hydroxyl groups excluding tert-OH is 1. The SMILES string of the molecule is CCC(C)(C)C(=O)O[C@H]1C[C@@H](C)CC2=CCC(C)[C@H](CCC3C[C@@H](O)CC(=O)O3)[C@H]21. The molecule has 0 amide bonds. The molecule has 0 aromatic rings. The number of esters is 2. The van der Waals surface area contributed by atoms with Gasteiger partial charge in [-0.05, 0) is 70.1 Å². The molecular formula is C25H40O5. The van der Waals surface area contributed by atoms with Gasteiger partial charge in [0.15, 0.2) is 0 Å². The van der Waals surface area contributed by atoms with Crippen molar-refractivity contribution in [2.24, 2.45) is 29.1 Å². The van der Waals surface area contributed by atoms with Crippen LogP contribution in [0.4, 0.5) is 0 Å². The second-order valence-corrected chi connectivity index (χ2v) is 10.7.